The molecule has 0 N–H and O–H groups in total. The van der Waals surface area contributed by atoms with Gasteiger partial charge in [0.1, 0.15) is 23.4 Å². The maximum absolute atomic E-state index is 8.87. The zero-order chi connectivity index (χ0) is 13.9. The minimum absolute atomic E-state index is 0.480. The van der Waals surface area contributed by atoms with Crippen molar-refractivity contribution in [3.8, 4) is 6.07 Å². The molecule has 0 spiro atoms. The third-order valence-corrected chi connectivity index (χ3v) is 3.70. The summed E-state index contributed by atoms with van der Waals surface area (Å²) in [7, 11) is 0. The number of hydrogen-bond donors (Lipinski definition) is 0. The molecule has 5 nitrogen and oxygen atoms in total. The van der Waals surface area contributed by atoms with Crippen LogP contribution in [0.3, 0.4) is 0 Å². The first-order valence-corrected chi connectivity index (χ1v) is 6.92. The molecular weight excluding hydrogens is 250 g/mol. The molecule has 0 aromatic carbocycles. The van der Waals surface area contributed by atoms with E-state index in [1.54, 1.807) is 6.07 Å². The number of nitriles is 1. The first-order valence-electron chi connectivity index (χ1n) is 6.92. The van der Waals surface area contributed by atoms with Crippen molar-refractivity contribution in [2.45, 2.75) is 19.9 Å². The Kier molecular flexibility index (Phi) is 3.38. The summed E-state index contributed by atoms with van der Waals surface area (Å²) in [4.78, 5) is 10.9. The lowest BCUT2D eigenvalue weighted by Crippen LogP contribution is -2.49. The van der Waals surface area contributed by atoms with Gasteiger partial charge < -0.3 is 9.47 Å². The number of nitrogens with zero attached hydrogens (tertiary/aromatic N) is 5. The largest absolute Gasteiger partial charge is 0.356 e. The minimum Gasteiger partial charge on any atom is -0.356 e. The van der Waals surface area contributed by atoms with Gasteiger partial charge in [-0.25, -0.2) is 9.97 Å². The zero-order valence-electron chi connectivity index (χ0n) is 11.5. The summed E-state index contributed by atoms with van der Waals surface area (Å²) in [6.45, 7) is 5.12. The topological polar surface area (TPSA) is 57.7 Å². The molecule has 1 saturated heterocycles. The van der Waals surface area contributed by atoms with E-state index < -0.39 is 0 Å². The van der Waals surface area contributed by atoms with Crippen molar-refractivity contribution in [1.29, 1.82) is 5.26 Å². The Balaban J connectivity index is 1.60. The zero-order valence-corrected chi connectivity index (χ0v) is 11.5. The molecule has 1 fully saturated rings. The van der Waals surface area contributed by atoms with Gasteiger partial charge in [0.05, 0.1) is 0 Å². The standard InChI is InChI=1S/C15H17N5/c1-2-14-17-6-7-19(14)9-12-10-20(11-12)15-5-3-4-13(8-16)18-15/h3-7,12H,2,9-11H2,1H3. The molecule has 3 heterocycles. The third kappa shape index (κ3) is 2.37. The SMILES string of the molecule is CCc1nccn1CC1CN(c2cccc(C#N)n2)C1. The van der Waals surface area contributed by atoms with Crippen molar-refractivity contribution in [2.75, 3.05) is 18.0 Å². The fourth-order valence-corrected chi connectivity index (χ4v) is 2.63. The minimum atomic E-state index is 0.480. The second-order valence-corrected chi connectivity index (χ2v) is 5.11. The number of aryl methyl sites for hydroxylation is 1. The summed E-state index contributed by atoms with van der Waals surface area (Å²) in [6, 6.07) is 7.67. The van der Waals surface area contributed by atoms with Gasteiger partial charge in [0, 0.05) is 44.4 Å². The smallest absolute Gasteiger partial charge is 0.142 e. The van der Waals surface area contributed by atoms with E-state index >= 15 is 0 Å². The van der Waals surface area contributed by atoms with Crippen molar-refractivity contribution in [1.82, 2.24) is 14.5 Å². The van der Waals surface area contributed by atoms with Crippen LogP contribution in [0.2, 0.25) is 0 Å². The lowest BCUT2D eigenvalue weighted by molar-refractivity contribution is 0.351. The molecule has 0 saturated carbocycles. The Morgan fingerprint density at radius 2 is 2.25 bits per heavy atom. The predicted molar refractivity (Wildman–Crippen MR) is 76.3 cm³/mol. The van der Waals surface area contributed by atoms with E-state index in [0.29, 0.717) is 11.6 Å². The van der Waals surface area contributed by atoms with Crippen LogP contribution in [-0.2, 0) is 13.0 Å². The number of aromatic nitrogens is 3. The Hall–Kier alpha value is -2.35. The van der Waals surface area contributed by atoms with Gasteiger partial charge >= 0.3 is 0 Å². The molecule has 1 aliphatic rings. The van der Waals surface area contributed by atoms with Crippen LogP contribution in [0.5, 0.6) is 0 Å². The van der Waals surface area contributed by atoms with Gasteiger partial charge in [-0.2, -0.15) is 5.26 Å². The number of pyridine rings is 1. The average molecular weight is 267 g/mol. The highest BCUT2D eigenvalue weighted by atomic mass is 15.2. The van der Waals surface area contributed by atoms with E-state index in [9.17, 15) is 0 Å². The van der Waals surface area contributed by atoms with Crippen LogP contribution in [-0.4, -0.2) is 27.6 Å². The molecule has 2 aromatic heterocycles. The number of imidazole rings is 1. The molecule has 3 rings (SSSR count). The quantitative estimate of drug-likeness (QED) is 0.848. The lowest BCUT2D eigenvalue weighted by Gasteiger charge is -2.40. The predicted octanol–water partition coefficient (Wildman–Crippen LogP) is 1.85. The second-order valence-electron chi connectivity index (χ2n) is 5.11. The van der Waals surface area contributed by atoms with E-state index in [4.69, 9.17) is 5.26 Å². The van der Waals surface area contributed by atoms with Crippen molar-refractivity contribution >= 4 is 5.82 Å². The molecular formula is C15H17N5. The van der Waals surface area contributed by atoms with Crippen molar-refractivity contribution in [2.24, 2.45) is 5.92 Å². The Bertz CT molecular complexity index is 634. The van der Waals surface area contributed by atoms with Crippen LogP contribution in [0.4, 0.5) is 5.82 Å². The van der Waals surface area contributed by atoms with Crippen molar-refractivity contribution < 1.29 is 0 Å². The first-order chi connectivity index (χ1) is 9.80. The normalized spacial score (nSPS) is 14.9. The number of rotatable bonds is 4. The Morgan fingerprint density at radius 1 is 1.40 bits per heavy atom. The van der Waals surface area contributed by atoms with Gasteiger partial charge in [0.25, 0.3) is 0 Å². The molecule has 0 amide bonds. The number of hydrogen-bond acceptors (Lipinski definition) is 4. The van der Waals surface area contributed by atoms with Gasteiger partial charge in [0.2, 0.25) is 0 Å². The molecule has 1 aliphatic heterocycles. The Labute approximate surface area is 118 Å². The van der Waals surface area contributed by atoms with E-state index in [0.717, 1.165) is 37.7 Å². The molecule has 0 bridgehead atoms. The summed E-state index contributed by atoms with van der Waals surface area (Å²) in [5, 5.41) is 8.87. The average Bonchev–Trinajstić information content (AvgIpc) is 2.89. The first kappa shape index (κ1) is 12.7. The van der Waals surface area contributed by atoms with Crippen LogP contribution in [0, 0.1) is 17.2 Å². The molecule has 2 aromatic rings. The molecule has 0 radical (unpaired) electrons. The highest BCUT2D eigenvalue weighted by Gasteiger charge is 2.28. The van der Waals surface area contributed by atoms with E-state index in [-0.39, 0.29) is 0 Å². The van der Waals surface area contributed by atoms with E-state index in [1.165, 1.54) is 0 Å². The summed E-state index contributed by atoms with van der Waals surface area (Å²) in [5.41, 5.74) is 0.480. The van der Waals surface area contributed by atoms with Gasteiger partial charge in [-0.1, -0.05) is 13.0 Å². The van der Waals surface area contributed by atoms with Crippen LogP contribution >= 0.6 is 0 Å². The van der Waals surface area contributed by atoms with Gasteiger partial charge in [0.15, 0.2) is 0 Å². The van der Waals surface area contributed by atoms with Crippen LogP contribution in [0.1, 0.15) is 18.4 Å². The Morgan fingerprint density at radius 3 is 3.00 bits per heavy atom. The van der Waals surface area contributed by atoms with Gasteiger partial charge in [-0.15, -0.1) is 0 Å². The fourth-order valence-electron chi connectivity index (χ4n) is 2.63. The summed E-state index contributed by atoms with van der Waals surface area (Å²) in [5.74, 6) is 2.68. The summed E-state index contributed by atoms with van der Waals surface area (Å²) in [6.07, 6.45) is 4.89. The molecule has 102 valence electrons. The molecule has 0 unspecified atom stereocenters. The summed E-state index contributed by atoms with van der Waals surface area (Å²) >= 11 is 0. The van der Waals surface area contributed by atoms with E-state index in [1.807, 2.05) is 18.3 Å². The third-order valence-electron chi connectivity index (χ3n) is 3.70. The molecule has 5 heteroatoms. The van der Waals surface area contributed by atoms with Crippen molar-refractivity contribution in [3.63, 3.8) is 0 Å². The van der Waals surface area contributed by atoms with Crippen LogP contribution in [0.15, 0.2) is 30.6 Å². The highest BCUT2D eigenvalue weighted by Crippen LogP contribution is 2.24. The van der Waals surface area contributed by atoms with E-state index in [2.05, 4.69) is 38.6 Å². The second kappa shape index (κ2) is 5.33. The van der Waals surface area contributed by atoms with Gasteiger partial charge in [-0.05, 0) is 12.1 Å². The molecule has 20 heavy (non-hydrogen) atoms. The van der Waals surface area contributed by atoms with Crippen LogP contribution < -0.4 is 4.90 Å². The van der Waals surface area contributed by atoms with Gasteiger partial charge in [-0.3, -0.25) is 0 Å². The highest BCUT2D eigenvalue weighted by molar-refractivity contribution is 5.44. The van der Waals surface area contributed by atoms with Crippen LogP contribution in [0.25, 0.3) is 0 Å². The lowest BCUT2D eigenvalue weighted by atomic mass is 10.00. The summed E-state index contributed by atoms with van der Waals surface area (Å²) < 4.78 is 2.24. The maximum atomic E-state index is 8.87. The molecule has 0 aliphatic carbocycles. The maximum Gasteiger partial charge on any atom is 0.142 e. The fraction of sp³-hybridized carbons (Fsp3) is 0.400. The molecule has 0 atom stereocenters. The van der Waals surface area contributed by atoms with Crippen molar-refractivity contribution in [3.05, 3.63) is 42.1 Å². The monoisotopic (exact) mass is 267 g/mol. The number of anilines is 1.